The topological polar surface area (TPSA) is 46.2 Å². The van der Waals surface area contributed by atoms with Gasteiger partial charge in [-0.1, -0.05) is 24.3 Å². The molecule has 1 amide bonds. The summed E-state index contributed by atoms with van der Waals surface area (Å²) in [5.74, 6) is 0.224. The van der Waals surface area contributed by atoms with Crippen molar-refractivity contribution in [2.45, 2.75) is 18.3 Å². The van der Waals surface area contributed by atoms with Crippen LogP contribution in [0.15, 0.2) is 24.3 Å². The van der Waals surface area contributed by atoms with Gasteiger partial charge in [0, 0.05) is 30.4 Å². The van der Waals surface area contributed by atoms with Crippen LogP contribution in [0.1, 0.15) is 28.8 Å². The van der Waals surface area contributed by atoms with Gasteiger partial charge in [-0.15, -0.1) is 0 Å². The van der Waals surface area contributed by atoms with Gasteiger partial charge in [0.25, 0.3) is 0 Å². The first-order valence-electron chi connectivity index (χ1n) is 5.11. The van der Waals surface area contributed by atoms with Gasteiger partial charge in [-0.2, -0.15) is 0 Å². The molecule has 3 rings (SSSR count). The molecule has 3 heteroatoms. The average Bonchev–Trinajstić information content (AvgIpc) is 2.72. The molecule has 1 fully saturated rings. The highest BCUT2D eigenvalue weighted by Gasteiger charge is 2.47. The number of amides is 1. The SMILES string of the molecule is O=C1CC2(CN1)CC(=O)c1ccccc12. The van der Waals surface area contributed by atoms with Gasteiger partial charge in [0.15, 0.2) is 5.78 Å². The van der Waals surface area contributed by atoms with Crippen LogP contribution in [0.25, 0.3) is 0 Å². The molecule has 1 spiro atoms. The third-order valence-corrected chi connectivity index (χ3v) is 3.42. The van der Waals surface area contributed by atoms with E-state index in [2.05, 4.69) is 5.32 Å². The summed E-state index contributed by atoms with van der Waals surface area (Å²) in [6.45, 7) is 0.606. The molecule has 0 aromatic heterocycles. The molecule has 76 valence electrons. The third-order valence-electron chi connectivity index (χ3n) is 3.42. The highest BCUT2D eigenvalue weighted by Crippen LogP contribution is 2.43. The lowest BCUT2D eigenvalue weighted by Gasteiger charge is -2.20. The third kappa shape index (κ3) is 1.06. The van der Waals surface area contributed by atoms with Gasteiger partial charge in [-0.05, 0) is 5.56 Å². The quantitative estimate of drug-likeness (QED) is 0.681. The molecular formula is C12H11NO2. The van der Waals surface area contributed by atoms with E-state index in [1.54, 1.807) is 0 Å². The molecule has 1 atom stereocenters. The first-order chi connectivity index (χ1) is 7.21. The van der Waals surface area contributed by atoms with Crippen LogP contribution in [0.4, 0.5) is 0 Å². The van der Waals surface area contributed by atoms with Crippen LogP contribution in [0, 0.1) is 0 Å². The summed E-state index contributed by atoms with van der Waals surface area (Å²) in [6, 6.07) is 7.64. The van der Waals surface area contributed by atoms with E-state index in [-0.39, 0.29) is 17.1 Å². The molecule has 1 aromatic carbocycles. The highest BCUT2D eigenvalue weighted by molar-refractivity contribution is 6.03. The van der Waals surface area contributed by atoms with Crippen molar-refractivity contribution < 1.29 is 9.59 Å². The van der Waals surface area contributed by atoms with Crippen molar-refractivity contribution in [3.8, 4) is 0 Å². The Hall–Kier alpha value is -1.64. The normalized spacial score (nSPS) is 28.3. The minimum absolute atomic E-state index is 0.0551. The zero-order chi connectivity index (χ0) is 10.5. The average molecular weight is 201 g/mol. The van der Waals surface area contributed by atoms with Crippen molar-refractivity contribution >= 4 is 11.7 Å². The highest BCUT2D eigenvalue weighted by atomic mass is 16.2. The number of rotatable bonds is 0. The van der Waals surface area contributed by atoms with Crippen molar-refractivity contribution in [1.29, 1.82) is 0 Å². The lowest BCUT2D eigenvalue weighted by molar-refractivity contribution is -0.119. The molecule has 2 aliphatic rings. The van der Waals surface area contributed by atoms with Crippen LogP contribution in [0.3, 0.4) is 0 Å². The van der Waals surface area contributed by atoms with E-state index < -0.39 is 0 Å². The van der Waals surface area contributed by atoms with Gasteiger partial charge in [0.2, 0.25) is 5.91 Å². The molecular weight excluding hydrogens is 190 g/mol. The Balaban J connectivity index is 2.16. The van der Waals surface area contributed by atoms with Crippen molar-refractivity contribution in [1.82, 2.24) is 5.32 Å². The number of ketones is 1. The van der Waals surface area contributed by atoms with Crippen LogP contribution in [-0.2, 0) is 10.2 Å². The summed E-state index contributed by atoms with van der Waals surface area (Å²) in [6.07, 6.45) is 0.931. The predicted molar refractivity (Wildman–Crippen MR) is 54.7 cm³/mol. The maximum Gasteiger partial charge on any atom is 0.221 e. The van der Waals surface area contributed by atoms with E-state index in [1.165, 1.54) is 0 Å². The number of fused-ring (bicyclic) bond motifs is 2. The van der Waals surface area contributed by atoms with Crippen LogP contribution >= 0.6 is 0 Å². The van der Waals surface area contributed by atoms with Gasteiger partial charge < -0.3 is 5.32 Å². The molecule has 15 heavy (non-hydrogen) atoms. The molecule has 1 saturated heterocycles. The zero-order valence-corrected chi connectivity index (χ0v) is 8.25. The lowest BCUT2D eigenvalue weighted by atomic mass is 9.81. The molecule has 1 aliphatic heterocycles. The van der Waals surface area contributed by atoms with E-state index in [0.717, 1.165) is 11.1 Å². The maximum atomic E-state index is 11.8. The fraction of sp³-hybridized carbons (Fsp3) is 0.333. The van der Waals surface area contributed by atoms with E-state index in [0.29, 0.717) is 19.4 Å². The first-order valence-corrected chi connectivity index (χ1v) is 5.11. The Morgan fingerprint density at radius 3 is 2.67 bits per heavy atom. The number of hydrogen-bond donors (Lipinski definition) is 1. The van der Waals surface area contributed by atoms with E-state index in [1.807, 2.05) is 24.3 Å². The Morgan fingerprint density at radius 1 is 1.13 bits per heavy atom. The van der Waals surface area contributed by atoms with Crippen LogP contribution in [-0.4, -0.2) is 18.2 Å². The van der Waals surface area contributed by atoms with E-state index in [9.17, 15) is 9.59 Å². The second-order valence-corrected chi connectivity index (χ2v) is 4.38. The number of benzene rings is 1. The van der Waals surface area contributed by atoms with Gasteiger partial charge in [0.1, 0.15) is 0 Å². The number of carbonyl (C=O) groups excluding carboxylic acids is 2. The Bertz CT molecular complexity index is 466. The number of carbonyl (C=O) groups is 2. The van der Waals surface area contributed by atoms with Gasteiger partial charge in [-0.3, -0.25) is 9.59 Å². The smallest absolute Gasteiger partial charge is 0.221 e. The van der Waals surface area contributed by atoms with Crippen LogP contribution in [0.5, 0.6) is 0 Å². The predicted octanol–water partition coefficient (Wildman–Crippen LogP) is 1.03. The van der Waals surface area contributed by atoms with Crippen molar-refractivity contribution in [2.75, 3.05) is 6.54 Å². The first kappa shape index (κ1) is 8.65. The maximum absolute atomic E-state index is 11.8. The summed E-state index contributed by atoms with van der Waals surface area (Å²) in [4.78, 5) is 23.1. The summed E-state index contributed by atoms with van der Waals surface area (Å²) >= 11 is 0. The molecule has 1 aromatic rings. The molecule has 1 heterocycles. The van der Waals surface area contributed by atoms with Crippen molar-refractivity contribution in [3.63, 3.8) is 0 Å². The van der Waals surface area contributed by atoms with Crippen molar-refractivity contribution in [2.24, 2.45) is 0 Å². The van der Waals surface area contributed by atoms with Gasteiger partial charge in [-0.25, -0.2) is 0 Å². The molecule has 1 N–H and O–H groups in total. The van der Waals surface area contributed by atoms with Crippen molar-refractivity contribution in [3.05, 3.63) is 35.4 Å². The standard InChI is InChI=1S/C12H11NO2/c14-10-5-12(6-11(15)13-7-12)9-4-2-1-3-8(9)10/h1-4H,5-7H2,(H,13,15). The van der Waals surface area contributed by atoms with E-state index in [4.69, 9.17) is 0 Å². The molecule has 1 unspecified atom stereocenters. The van der Waals surface area contributed by atoms with Crippen LogP contribution < -0.4 is 5.32 Å². The minimum atomic E-state index is -0.245. The zero-order valence-electron chi connectivity index (χ0n) is 8.25. The Morgan fingerprint density at radius 2 is 1.93 bits per heavy atom. The number of nitrogens with one attached hydrogen (secondary N) is 1. The molecule has 3 nitrogen and oxygen atoms in total. The largest absolute Gasteiger partial charge is 0.355 e. The summed E-state index contributed by atoms with van der Waals surface area (Å²) < 4.78 is 0. The molecule has 0 saturated carbocycles. The molecule has 0 radical (unpaired) electrons. The number of hydrogen-bond acceptors (Lipinski definition) is 2. The minimum Gasteiger partial charge on any atom is -0.355 e. The van der Waals surface area contributed by atoms with Crippen LogP contribution in [0.2, 0.25) is 0 Å². The fourth-order valence-corrected chi connectivity index (χ4v) is 2.70. The lowest BCUT2D eigenvalue weighted by Crippen LogP contribution is -2.26. The Labute approximate surface area is 87.5 Å². The van der Waals surface area contributed by atoms with Gasteiger partial charge >= 0.3 is 0 Å². The second kappa shape index (κ2) is 2.69. The monoisotopic (exact) mass is 201 g/mol. The fourth-order valence-electron chi connectivity index (χ4n) is 2.70. The molecule has 1 aliphatic carbocycles. The molecule has 0 bridgehead atoms. The summed E-state index contributed by atoms with van der Waals surface area (Å²) in [5.41, 5.74) is 1.60. The number of Topliss-reactive ketones (excluding diaryl/α,β-unsaturated/α-hetero) is 1. The summed E-state index contributed by atoms with van der Waals surface area (Å²) in [5, 5.41) is 2.82. The Kier molecular flexibility index (Phi) is 1.55. The van der Waals surface area contributed by atoms with E-state index >= 15 is 0 Å². The second-order valence-electron chi connectivity index (χ2n) is 4.38. The summed E-state index contributed by atoms with van der Waals surface area (Å²) in [7, 11) is 0. The van der Waals surface area contributed by atoms with Gasteiger partial charge in [0.05, 0.1) is 0 Å².